The van der Waals surface area contributed by atoms with Crippen molar-refractivity contribution in [2.75, 3.05) is 13.7 Å². The molecular weight excluding hydrogens is 393 g/mol. The third-order valence-corrected chi connectivity index (χ3v) is 4.47. The van der Waals surface area contributed by atoms with Crippen LogP contribution < -0.4 is 29.6 Å². The smallest absolute Gasteiger partial charge is 0.726 e. The van der Waals surface area contributed by atoms with Crippen molar-refractivity contribution in [3.8, 4) is 0 Å². The predicted octanol–water partition coefficient (Wildman–Crippen LogP) is -2.00. The Morgan fingerprint density at radius 1 is 1.22 bits per heavy atom. The summed E-state index contributed by atoms with van der Waals surface area (Å²) < 4.78 is 60.5. The summed E-state index contributed by atoms with van der Waals surface area (Å²) in [6.45, 7) is -0.279. The second-order valence-corrected chi connectivity index (χ2v) is 6.61. The number of hydrogen-bond donors (Lipinski definition) is 0. The van der Waals surface area contributed by atoms with E-state index in [1.807, 2.05) is 6.07 Å². The first-order valence-corrected chi connectivity index (χ1v) is 8.95. The average Bonchev–Trinajstić information content (AvgIpc) is 3.06. The number of rotatable bonds is 6. The average molecular weight is 409 g/mol. The summed E-state index contributed by atoms with van der Waals surface area (Å²) in [6, 6.07) is 8.92. The van der Waals surface area contributed by atoms with Crippen molar-refractivity contribution in [2.24, 2.45) is 5.11 Å². The molecule has 3 rings (SSSR count). The van der Waals surface area contributed by atoms with Gasteiger partial charge >= 0.3 is 29.6 Å². The largest absolute Gasteiger partial charge is 1.00 e. The van der Waals surface area contributed by atoms with Gasteiger partial charge in [-0.15, -0.1) is 0 Å². The summed E-state index contributed by atoms with van der Waals surface area (Å²) in [4.78, 5) is 2.61. The number of nitrogens with zero attached hydrogens (tertiary/aromatic N) is 3. The Morgan fingerprint density at radius 3 is 2.48 bits per heavy atom. The van der Waals surface area contributed by atoms with Crippen LogP contribution in [-0.2, 0) is 33.5 Å². The Bertz CT molecular complexity index is 776. The number of hydrogen-bond acceptors (Lipinski definition) is 9. The third kappa shape index (κ3) is 5.40. The van der Waals surface area contributed by atoms with Crippen molar-refractivity contribution in [3.05, 3.63) is 46.3 Å². The van der Waals surface area contributed by atoms with Crippen LogP contribution in [0.2, 0.25) is 0 Å². The molecule has 6 atom stereocenters. The Labute approximate surface area is 177 Å². The second kappa shape index (κ2) is 9.63. The van der Waals surface area contributed by atoms with Crippen LogP contribution in [0.15, 0.2) is 35.4 Å². The number of fused-ring (bicyclic) bond motifs is 1. The van der Waals surface area contributed by atoms with Crippen LogP contribution in [0.3, 0.4) is 0 Å². The standard InChI is InChI=1S/C14H17N3O8S.Na/c1-21-14-12-11(23-13(24-12)8-5-3-2-4-6-8)10(25-26(18,19)20)9(22-14)7-16-17-15;/h2-6,9-14H,7H2,1H3,(H,18,19,20);/q;+1/p-1/t9-,10-,11+,12+,13?,14+;/m1./s1. The van der Waals surface area contributed by atoms with Crippen molar-refractivity contribution < 1.29 is 65.7 Å². The zero-order valence-corrected chi connectivity index (χ0v) is 17.4. The van der Waals surface area contributed by atoms with E-state index in [9.17, 15) is 13.0 Å². The molecule has 11 nitrogen and oxygen atoms in total. The van der Waals surface area contributed by atoms with Gasteiger partial charge < -0.3 is 23.5 Å². The van der Waals surface area contributed by atoms with E-state index in [1.165, 1.54) is 7.11 Å². The fourth-order valence-electron chi connectivity index (χ4n) is 2.97. The van der Waals surface area contributed by atoms with Gasteiger partial charge in [0, 0.05) is 17.6 Å². The number of benzene rings is 1. The Kier molecular flexibility index (Phi) is 8.04. The maximum atomic E-state index is 11.1. The minimum absolute atomic E-state index is 0. The summed E-state index contributed by atoms with van der Waals surface area (Å²) in [6.07, 6.45) is -6.01. The summed E-state index contributed by atoms with van der Waals surface area (Å²) in [7, 11) is -3.70. The van der Waals surface area contributed by atoms with E-state index in [0.29, 0.717) is 5.56 Å². The van der Waals surface area contributed by atoms with Crippen LogP contribution in [-0.4, -0.2) is 57.3 Å². The molecule has 0 bridgehead atoms. The van der Waals surface area contributed by atoms with Gasteiger partial charge in [0.1, 0.15) is 18.3 Å². The van der Waals surface area contributed by atoms with Crippen molar-refractivity contribution >= 4 is 10.4 Å². The quantitative estimate of drug-likeness (QED) is 0.131. The van der Waals surface area contributed by atoms with Crippen molar-refractivity contribution in [1.82, 2.24) is 0 Å². The first-order chi connectivity index (χ1) is 12.4. The van der Waals surface area contributed by atoms with Gasteiger partial charge in [0.05, 0.1) is 12.6 Å². The zero-order chi connectivity index (χ0) is 18.7. The zero-order valence-electron chi connectivity index (χ0n) is 14.6. The minimum Gasteiger partial charge on any atom is -0.726 e. The third-order valence-electron chi connectivity index (χ3n) is 4.01. The molecule has 1 aromatic rings. The molecule has 13 heteroatoms. The molecule has 1 unspecified atom stereocenters. The van der Waals surface area contributed by atoms with E-state index >= 15 is 0 Å². The molecule has 2 heterocycles. The fourth-order valence-corrected chi connectivity index (χ4v) is 3.47. The molecule has 1 aromatic carbocycles. The molecule has 0 amide bonds. The normalized spacial score (nSPS) is 32.8. The molecule has 0 N–H and O–H groups in total. The van der Waals surface area contributed by atoms with Crippen molar-refractivity contribution in [1.29, 1.82) is 0 Å². The van der Waals surface area contributed by atoms with Crippen LogP contribution >= 0.6 is 0 Å². The van der Waals surface area contributed by atoms with Crippen LogP contribution in [0.5, 0.6) is 0 Å². The van der Waals surface area contributed by atoms with Gasteiger partial charge in [-0.3, -0.25) is 4.18 Å². The molecular formula is C14H16N3NaO8S. The molecule has 0 aromatic heterocycles. The molecule has 2 aliphatic rings. The van der Waals surface area contributed by atoms with E-state index in [-0.39, 0.29) is 36.1 Å². The van der Waals surface area contributed by atoms with E-state index in [4.69, 9.17) is 24.5 Å². The minimum atomic E-state index is -5.07. The summed E-state index contributed by atoms with van der Waals surface area (Å²) >= 11 is 0. The van der Waals surface area contributed by atoms with E-state index in [0.717, 1.165) is 0 Å². The maximum absolute atomic E-state index is 11.1. The predicted molar refractivity (Wildman–Crippen MR) is 83.2 cm³/mol. The first kappa shape index (κ1) is 22.5. The molecule has 0 aliphatic carbocycles. The summed E-state index contributed by atoms with van der Waals surface area (Å²) in [5.41, 5.74) is 9.20. The Morgan fingerprint density at radius 2 is 1.89 bits per heavy atom. The van der Waals surface area contributed by atoms with Crippen LogP contribution in [0, 0.1) is 0 Å². The molecule has 2 saturated heterocycles. The molecule has 0 saturated carbocycles. The van der Waals surface area contributed by atoms with Gasteiger partial charge in [-0.25, -0.2) is 8.42 Å². The molecule has 142 valence electrons. The first-order valence-electron chi connectivity index (χ1n) is 7.62. The van der Waals surface area contributed by atoms with E-state index in [2.05, 4.69) is 14.2 Å². The van der Waals surface area contributed by atoms with Crippen LogP contribution in [0.4, 0.5) is 0 Å². The SMILES string of the molecule is CO[C@H]1O[C@H](CN=[N+]=[N-])[C@@H](OS(=O)(=O)[O-])[C@@H]2OC(c3ccccc3)O[C@H]12.[Na+]. The summed E-state index contributed by atoms with van der Waals surface area (Å²) in [5, 5.41) is 3.36. The van der Waals surface area contributed by atoms with Crippen LogP contribution in [0.25, 0.3) is 10.4 Å². The number of azide groups is 1. The van der Waals surface area contributed by atoms with Gasteiger partial charge in [0.2, 0.25) is 10.4 Å². The van der Waals surface area contributed by atoms with Gasteiger partial charge in [-0.1, -0.05) is 35.4 Å². The monoisotopic (exact) mass is 409 g/mol. The number of methoxy groups -OCH3 is 1. The Hall–Kier alpha value is -0.760. The summed E-state index contributed by atoms with van der Waals surface area (Å²) in [5.74, 6) is 0. The molecule has 27 heavy (non-hydrogen) atoms. The number of ether oxygens (including phenoxy) is 4. The van der Waals surface area contributed by atoms with Gasteiger partial charge in [-0.05, 0) is 5.53 Å². The molecule has 2 fully saturated rings. The molecule has 2 aliphatic heterocycles. The molecule has 0 spiro atoms. The fraction of sp³-hybridized carbons (Fsp3) is 0.571. The topological polar surface area (TPSA) is 152 Å². The van der Waals surface area contributed by atoms with E-state index in [1.54, 1.807) is 24.3 Å². The second-order valence-electron chi connectivity index (χ2n) is 5.61. The van der Waals surface area contributed by atoms with Gasteiger partial charge in [0.15, 0.2) is 12.6 Å². The van der Waals surface area contributed by atoms with Crippen molar-refractivity contribution in [3.63, 3.8) is 0 Å². The molecule has 0 radical (unpaired) electrons. The maximum Gasteiger partial charge on any atom is 1.00 e. The van der Waals surface area contributed by atoms with Gasteiger partial charge in [0.25, 0.3) is 0 Å². The van der Waals surface area contributed by atoms with Crippen LogP contribution in [0.1, 0.15) is 11.9 Å². The van der Waals surface area contributed by atoms with E-state index < -0.39 is 47.4 Å². The van der Waals surface area contributed by atoms with Crippen molar-refractivity contribution in [2.45, 2.75) is 37.0 Å². The van der Waals surface area contributed by atoms with Gasteiger partial charge in [-0.2, -0.15) is 0 Å². The Balaban J connectivity index is 0.00000261.